The zero-order chi connectivity index (χ0) is 55.0. The second-order valence-electron chi connectivity index (χ2n) is 22.5. The van der Waals surface area contributed by atoms with Gasteiger partial charge in [-0.3, -0.25) is 15.0 Å². The summed E-state index contributed by atoms with van der Waals surface area (Å²) in [6.45, 7) is 0. The molecule has 386 valence electrons. The molecule has 18 rings (SSSR count). The Balaban J connectivity index is 0.750. The highest BCUT2D eigenvalue weighted by Crippen LogP contribution is 2.48. The van der Waals surface area contributed by atoms with Gasteiger partial charge in [0.05, 0.1) is 27.8 Å². The third kappa shape index (κ3) is 7.27. The molecule has 4 aromatic heterocycles. The van der Waals surface area contributed by atoms with Gasteiger partial charge >= 0.3 is 0 Å². The lowest BCUT2D eigenvalue weighted by atomic mass is 9.84. The molecule has 0 saturated heterocycles. The third-order valence-electron chi connectivity index (χ3n) is 17.8. The summed E-state index contributed by atoms with van der Waals surface area (Å²) in [7, 11) is 0. The molecular formula is C80H46N4. The number of para-hydroxylation sites is 1. The van der Waals surface area contributed by atoms with E-state index in [0.29, 0.717) is 0 Å². The van der Waals surface area contributed by atoms with Crippen LogP contribution in [0.4, 0.5) is 0 Å². The number of hydrogen-bond acceptors (Lipinski definition) is 4. The van der Waals surface area contributed by atoms with Crippen molar-refractivity contribution in [2.75, 3.05) is 0 Å². The fourth-order valence-electron chi connectivity index (χ4n) is 13.8. The first-order valence-electron chi connectivity index (χ1n) is 28.7. The molecule has 4 heteroatoms. The van der Waals surface area contributed by atoms with Gasteiger partial charge in [0, 0.05) is 51.3 Å². The zero-order valence-corrected chi connectivity index (χ0v) is 45.3. The number of rotatable bonds is 7. The van der Waals surface area contributed by atoms with Gasteiger partial charge in [-0.05, 0) is 211 Å². The van der Waals surface area contributed by atoms with Gasteiger partial charge in [0.15, 0.2) is 0 Å². The Morgan fingerprint density at radius 3 is 1.25 bits per heavy atom. The normalized spacial score (nSPS) is 12.0. The van der Waals surface area contributed by atoms with E-state index in [9.17, 15) is 0 Å². The summed E-state index contributed by atoms with van der Waals surface area (Å²) in [6.07, 6.45) is 5.72. The summed E-state index contributed by atoms with van der Waals surface area (Å²) in [5, 5.41) is 19.4. The van der Waals surface area contributed by atoms with Crippen LogP contribution >= 0.6 is 0 Å². The van der Waals surface area contributed by atoms with Gasteiger partial charge in [-0.2, -0.15) is 0 Å². The molecule has 0 unspecified atom stereocenters. The lowest BCUT2D eigenvalue weighted by Crippen LogP contribution is -1.94. The number of benzene rings is 14. The Morgan fingerprint density at radius 2 is 0.607 bits per heavy atom. The zero-order valence-electron chi connectivity index (χ0n) is 45.3. The molecule has 14 aromatic carbocycles. The smallest absolute Gasteiger partial charge is 0.0716 e. The van der Waals surface area contributed by atoms with Crippen LogP contribution < -0.4 is 0 Å². The predicted molar refractivity (Wildman–Crippen MR) is 353 cm³/mol. The first kappa shape index (κ1) is 46.5. The third-order valence-corrected chi connectivity index (χ3v) is 17.8. The van der Waals surface area contributed by atoms with Crippen molar-refractivity contribution in [2.45, 2.75) is 0 Å². The van der Waals surface area contributed by atoms with E-state index in [0.717, 1.165) is 88.2 Å². The van der Waals surface area contributed by atoms with Crippen molar-refractivity contribution in [1.82, 2.24) is 19.9 Å². The largest absolute Gasteiger partial charge is 0.256 e. The van der Waals surface area contributed by atoms with E-state index in [1.165, 1.54) is 98.0 Å². The average molecular weight is 1060 g/mol. The molecule has 0 N–H and O–H groups in total. The SMILES string of the molecule is c1cc(-c2ccc3nc(-c4cc5c(-c6ccc7ncccc7c6)ccc6ccc7c(-c8cccc(-c9cnc%10ccccc%10c9)c8)ccc4c7c65)ccc3c2)cc(-c2ccc3ccc4c(-c5ccc6ncccc6c5)ccc5ccc2c3c54)c1. The number of nitrogens with zero attached hydrogens (tertiary/aromatic N) is 4. The molecule has 0 aliphatic carbocycles. The van der Waals surface area contributed by atoms with Crippen molar-refractivity contribution in [3.8, 4) is 78.0 Å². The molecule has 4 heterocycles. The van der Waals surface area contributed by atoms with Crippen LogP contribution in [0.5, 0.6) is 0 Å². The molecule has 0 atom stereocenters. The van der Waals surface area contributed by atoms with Gasteiger partial charge in [0.25, 0.3) is 0 Å². The lowest BCUT2D eigenvalue weighted by Gasteiger charge is -2.20. The van der Waals surface area contributed by atoms with Crippen molar-refractivity contribution in [3.05, 3.63) is 279 Å². The number of pyridine rings is 4. The molecule has 0 aliphatic rings. The second-order valence-corrected chi connectivity index (χ2v) is 22.5. The number of hydrogen-bond donors (Lipinski definition) is 0. The molecule has 0 aliphatic heterocycles. The fraction of sp³-hybridized carbons (Fsp3) is 0. The summed E-state index contributed by atoms with van der Waals surface area (Å²) in [4.78, 5) is 19.6. The molecule has 18 aromatic rings. The Morgan fingerprint density at radius 1 is 0.202 bits per heavy atom. The van der Waals surface area contributed by atoms with Crippen LogP contribution in [0.2, 0.25) is 0 Å². The minimum absolute atomic E-state index is 0.938. The van der Waals surface area contributed by atoms with E-state index in [-0.39, 0.29) is 0 Å². The van der Waals surface area contributed by atoms with Crippen molar-refractivity contribution in [1.29, 1.82) is 0 Å². The van der Waals surface area contributed by atoms with Gasteiger partial charge in [-0.25, -0.2) is 4.98 Å². The van der Waals surface area contributed by atoms with E-state index in [4.69, 9.17) is 9.97 Å². The summed E-state index contributed by atoms with van der Waals surface area (Å²) < 4.78 is 0. The van der Waals surface area contributed by atoms with Crippen molar-refractivity contribution >= 4 is 108 Å². The van der Waals surface area contributed by atoms with Crippen LogP contribution in [0.3, 0.4) is 0 Å². The maximum Gasteiger partial charge on any atom is 0.0716 e. The van der Waals surface area contributed by atoms with Gasteiger partial charge in [-0.15, -0.1) is 0 Å². The molecule has 4 nitrogen and oxygen atoms in total. The van der Waals surface area contributed by atoms with E-state index in [1.807, 2.05) is 36.8 Å². The second kappa shape index (κ2) is 18.2. The van der Waals surface area contributed by atoms with Gasteiger partial charge in [-0.1, -0.05) is 176 Å². The highest BCUT2D eigenvalue weighted by atomic mass is 14.7. The Labute approximate surface area is 482 Å². The van der Waals surface area contributed by atoms with Gasteiger partial charge in [0.2, 0.25) is 0 Å². The summed E-state index contributed by atoms with van der Waals surface area (Å²) in [5.74, 6) is 0. The van der Waals surface area contributed by atoms with E-state index in [1.54, 1.807) is 0 Å². The molecule has 0 amide bonds. The maximum absolute atomic E-state index is 5.54. The molecular weight excluding hydrogens is 1020 g/mol. The van der Waals surface area contributed by atoms with Crippen LogP contribution in [0.15, 0.2) is 279 Å². The molecule has 0 fully saturated rings. The van der Waals surface area contributed by atoms with Crippen molar-refractivity contribution in [2.24, 2.45) is 0 Å². The topological polar surface area (TPSA) is 51.6 Å². The van der Waals surface area contributed by atoms with E-state index in [2.05, 4.69) is 253 Å². The van der Waals surface area contributed by atoms with Crippen LogP contribution in [-0.4, -0.2) is 19.9 Å². The first-order chi connectivity index (χ1) is 41.6. The fourth-order valence-corrected chi connectivity index (χ4v) is 13.8. The first-order valence-corrected chi connectivity index (χ1v) is 28.7. The molecule has 0 bridgehead atoms. The summed E-state index contributed by atoms with van der Waals surface area (Å²) >= 11 is 0. The molecule has 84 heavy (non-hydrogen) atoms. The van der Waals surface area contributed by atoms with Crippen LogP contribution in [0.1, 0.15) is 0 Å². The Bertz CT molecular complexity index is 5760. The number of fused-ring (bicyclic) bond motifs is 4. The predicted octanol–water partition coefficient (Wildman–Crippen LogP) is 21.3. The highest BCUT2D eigenvalue weighted by Gasteiger charge is 2.21. The van der Waals surface area contributed by atoms with Gasteiger partial charge in [0.1, 0.15) is 0 Å². The van der Waals surface area contributed by atoms with E-state index < -0.39 is 0 Å². The quantitative estimate of drug-likeness (QED) is 0.149. The standard InChI is InChI=1S/C80H46N4/c1-2-14-72-57(7-1)44-61(46-83-72)51-9-4-11-54(40-51)64-31-32-69-70(45-71-65(27-17-49-20-30-68(64)80(69)79(49)71)56-23-34-74-59(43-56)13-6-38-82-74)76-36-24-60-41-52(21-35-75(60)84-76)50-8-3-10-53(39-50)62-25-15-47-19-29-67-63(26-16-48-18-28-66(62)77(47)78(48)67)55-22-33-73-58(42-55)12-5-37-81-73/h1-46H. The minimum Gasteiger partial charge on any atom is -0.256 e. The highest BCUT2D eigenvalue weighted by molar-refractivity contribution is 6.31. The van der Waals surface area contributed by atoms with Crippen LogP contribution in [0, 0.1) is 0 Å². The van der Waals surface area contributed by atoms with E-state index >= 15 is 0 Å². The summed E-state index contributed by atoms with van der Waals surface area (Å²) in [5.41, 5.74) is 20.0. The van der Waals surface area contributed by atoms with Gasteiger partial charge < -0.3 is 0 Å². The van der Waals surface area contributed by atoms with Crippen molar-refractivity contribution < 1.29 is 0 Å². The Hall–Kier alpha value is -11.2. The molecule has 0 spiro atoms. The summed E-state index contributed by atoms with van der Waals surface area (Å²) in [6, 6.07) is 95.9. The minimum atomic E-state index is 0.938. The average Bonchev–Trinajstić information content (AvgIpc) is 1.01. The molecule has 0 saturated carbocycles. The Kier molecular flexibility index (Phi) is 10.1. The van der Waals surface area contributed by atoms with Crippen molar-refractivity contribution in [3.63, 3.8) is 0 Å². The number of aromatic nitrogens is 4. The lowest BCUT2D eigenvalue weighted by molar-refractivity contribution is 1.41. The van der Waals surface area contributed by atoms with Crippen LogP contribution in [0.25, 0.3) is 186 Å². The monoisotopic (exact) mass is 1060 g/mol. The maximum atomic E-state index is 5.54. The van der Waals surface area contributed by atoms with Crippen LogP contribution in [-0.2, 0) is 0 Å². The molecule has 0 radical (unpaired) electrons.